The van der Waals surface area contributed by atoms with Crippen molar-refractivity contribution in [2.45, 2.75) is 26.8 Å². The van der Waals surface area contributed by atoms with Gasteiger partial charge in [0, 0.05) is 16.0 Å². The second kappa shape index (κ2) is 6.55. The van der Waals surface area contributed by atoms with Crippen molar-refractivity contribution in [2.24, 2.45) is 5.41 Å². The van der Waals surface area contributed by atoms with Crippen molar-refractivity contribution in [1.82, 2.24) is 5.32 Å². The lowest BCUT2D eigenvalue weighted by Gasteiger charge is -2.19. The first-order chi connectivity index (χ1) is 8.33. The number of carboxylic acids is 1. The Bertz CT molecular complexity index is 435. The average Bonchev–Trinajstić information content (AvgIpc) is 2.28. The molecule has 0 saturated heterocycles. The first kappa shape index (κ1) is 15.5. The molecular formula is C13H17BrClNO2. The van der Waals surface area contributed by atoms with E-state index in [0.717, 1.165) is 10.0 Å². The van der Waals surface area contributed by atoms with E-state index in [-0.39, 0.29) is 0 Å². The summed E-state index contributed by atoms with van der Waals surface area (Å²) in [7, 11) is 0. The van der Waals surface area contributed by atoms with Gasteiger partial charge in [0.25, 0.3) is 0 Å². The molecule has 0 amide bonds. The van der Waals surface area contributed by atoms with Gasteiger partial charge in [-0.25, -0.2) is 0 Å². The van der Waals surface area contributed by atoms with Crippen molar-refractivity contribution in [2.75, 3.05) is 6.54 Å². The maximum Gasteiger partial charge on any atom is 0.309 e. The molecule has 3 nitrogen and oxygen atoms in total. The van der Waals surface area contributed by atoms with Gasteiger partial charge in [-0.2, -0.15) is 0 Å². The molecule has 0 aromatic heterocycles. The van der Waals surface area contributed by atoms with Crippen LogP contribution in [0.3, 0.4) is 0 Å². The van der Waals surface area contributed by atoms with Crippen LogP contribution in [-0.2, 0) is 11.3 Å². The van der Waals surface area contributed by atoms with Crippen molar-refractivity contribution >= 4 is 33.5 Å². The number of carbonyl (C=O) groups is 1. The fourth-order valence-electron chi connectivity index (χ4n) is 1.41. The maximum atomic E-state index is 10.9. The highest BCUT2D eigenvalue weighted by Crippen LogP contribution is 2.22. The van der Waals surface area contributed by atoms with Crippen molar-refractivity contribution in [1.29, 1.82) is 0 Å². The summed E-state index contributed by atoms with van der Waals surface area (Å²) in [6.07, 6.45) is 0.584. The summed E-state index contributed by atoms with van der Waals surface area (Å²) in [5.74, 6) is -0.770. The van der Waals surface area contributed by atoms with E-state index < -0.39 is 11.4 Å². The van der Waals surface area contributed by atoms with E-state index >= 15 is 0 Å². The number of carboxylic acid groups (broad SMARTS) is 1. The molecule has 1 aromatic carbocycles. The molecular weight excluding hydrogens is 318 g/mol. The van der Waals surface area contributed by atoms with Crippen LogP contribution >= 0.6 is 27.5 Å². The third-order valence-electron chi connectivity index (χ3n) is 2.83. The molecule has 0 saturated carbocycles. The lowest BCUT2D eigenvalue weighted by Crippen LogP contribution is -2.28. The van der Waals surface area contributed by atoms with Gasteiger partial charge in [0.2, 0.25) is 0 Å². The van der Waals surface area contributed by atoms with Crippen LogP contribution in [0.4, 0.5) is 0 Å². The molecule has 1 aromatic rings. The molecule has 2 N–H and O–H groups in total. The van der Waals surface area contributed by atoms with E-state index in [1.807, 2.05) is 18.2 Å². The Labute approximate surface area is 121 Å². The number of aliphatic carboxylic acids is 1. The van der Waals surface area contributed by atoms with Crippen LogP contribution in [0.1, 0.15) is 25.8 Å². The van der Waals surface area contributed by atoms with Crippen LogP contribution in [0.15, 0.2) is 22.7 Å². The maximum absolute atomic E-state index is 10.9. The van der Waals surface area contributed by atoms with Gasteiger partial charge in [0.05, 0.1) is 5.41 Å². The minimum absolute atomic E-state index is 0.584. The first-order valence-corrected chi connectivity index (χ1v) is 6.88. The molecule has 0 heterocycles. The summed E-state index contributed by atoms with van der Waals surface area (Å²) in [6, 6.07) is 5.62. The van der Waals surface area contributed by atoms with Gasteiger partial charge in [-0.3, -0.25) is 4.79 Å². The largest absolute Gasteiger partial charge is 0.481 e. The van der Waals surface area contributed by atoms with Gasteiger partial charge in [0.15, 0.2) is 0 Å². The molecule has 0 aliphatic heterocycles. The highest BCUT2D eigenvalue weighted by molar-refractivity contribution is 9.10. The molecule has 0 atom stereocenters. The van der Waals surface area contributed by atoms with Crippen molar-refractivity contribution < 1.29 is 9.90 Å². The Morgan fingerprint density at radius 2 is 2.17 bits per heavy atom. The second-order valence-electron chi connectivity index (χ2n) is 4.85. The van der Waals surface area contributed by atoms with Gasteiger partial charge >= 0.3 is 5.97 Å². The molecule has 0 aliphatic rings. The molecule has 18 heavy (non-hydrogen) atoms. The van der Waals surface area contributed by atoms with Crippen molar-refractivity contribution in [3.63, 3.8) is 0 Å². The first-order valence-electron chi connectivity index (χ1n) is 5.71. The minimum Gasteiger partial charge on any atom is -0.481 e. The zero-order chi connectivity index (χ0) is 13.8. The fourth-order valence-corrected chi connectivity index (χ4v) is 1.99. The number of nitrogens with one attached hydrogen (secondary N) is 1. The van der Waals surface area contributed by atoms with Crippen LogP contribution in [0.2, 0.25) is 5.02 Å². The summed E-state index contributed by atoms with van der Waals surface area (Å²) >= 11 is 9.37. The number of halogens is 2. The monoisotopic (exact) mass is 333 g/mol. The summed E-state index contributed by atoms with van der Waals surface area (Å²) in [5.41, 5.74) is 0.370. The normalized spacial score (nSPS) is 11.6. The quantitative estimate of drug-likeness (QED) is 0.780. The van der Waals surface area contributed by atoms with E-state index in [0.29, 0.717) is 24.5 Å². The van der Waals surface area contributed by atoms with E-state index in [1.165, 1.54) is 0 Å². The van der Waals surface area contributed by atoms with Crippen molar-refractivity contribution in [3.05, 3.63) is 33.3 Å². The molecule has 0 radical (unpaired) electrons. The SMILES string of the molecule is CC(C)(CCNCc1cc(Cl)ccc1Br)C(=O)O. The molecule has 0 spiro atoms. The zero-order valence-electron chi connectivity index (χ0n) is 10.5. The van der Waals surface area contributed by atoms with Crippen LogP contribution in [-0.4, -0.2) is 17.6 Å². The Morgan fingerprint density at radius 1 is 1.50 bits per heavy atom. The topological polar surface area (TPSA) is 49.3 Å². The highest BCUT2D eigenvalue weighted by atomic mass is 79.9. The Balaban J connectivity index is 2.43. The van der Waals surface area contributed by atoms with E-state index in [9.17, 15) is 4.79 Å². The zero-order valence-corrected chi connectivity index (χ0v) is 12.8. The highest BCUT2D eigenvalue weighted by Gasteiger charge is 2.26. The number of hydrogen-bond donors (Lipinski definition) is 2. The number of rotatable bonds is 6. The fraction of sp³-hybridized carbons (Fsp3) is 0.462. The minimum atomic E-state index is -0.770. The predicted octanol–water partition coefficient (Wildman–Crippen LogP) is 3.69. The van der Waals surface area contributed by atoms with Gasteiger partial charge in [-0.1, -0.05) is 27.5 Å². The number of hydrogen-bond acceptors (Lipinski definition) is 2. The molecule has 100 valence electrons. The lowest BCUT2D eigenvalue weighted by molar-refractivity contribution is -0.147. The summed E-state index contributed by atoms with van der Waals surface area (Å²) in [4.78, 5) is 10.9. The van der Waals surface area contributed by atoms with Gasteiger partial charge in [0.1, 0.15) is 0 Å². The van der Waals surface area contributed by atoms with Crippen LogP contribution in [0.25, 0.3) is 0 Å². The summed E-state index contributed by atoms with van der Waals surface area (Å²) in [5, 5.41) is 12.9. The lowest BCUT2D eigenvalue weighted by atomic mass is 9.90. The standard InChI is InChI=1S/C13H17BrClNO2/c1-13(2,12(17)18)5-6-16-8-9-7-10(15)3-4-11(9)14/h3-4,7,16H,5-6,8H2,1-2H3,(H,17,18). The van der Waals surface area contributed by atoms with Crippen LogP contribution in [0.5, 0.6) is 0 Å². The van der Waals surface area contributed by atoms with Gasteiger partial charge in [-0.15, -0.1) is 0 Å². The molecule has 0 unspecified atom stereocenters. The molecule has 0 fully saturated rings. The summed E-state index contributed by atoms with van der Waals surface area (Å²) < 4.78 is 0.997. The number of benzene rings is 1. The Kier molecular flexibility index (Phi) is 5.63. The Morgan fingerprint density at radius 3 is 2.78 bits per heavy atom. The van der Waals surface area contributed by atoms with Crippen LogP contribution < -0.4 is 5.32 Å². The van der Waals surface area contributed by atoms with Gasteiger partial charge < -0.3 is 10.4 Å². The second-order valence-corrected chi connectivity index (χ2v) is 6.14. The van der Waals surface area contributed by atoms with E-state index in [4.69, 9.17) is 16.7 Å². The smallest absolute Gasteiger partial charge is 0.309 e. The van der Waals surface area contributed by atoms with Gasteiger partial charge in [-0.05, 0) is 50.6 Å². The Hall–Kier alpha value is -0.580. The summed E-state index contributed by atoms with van der Waals surface area (Å²) in [6.45, 7) is 4.77. The van der Waals surface area contributed by atoms with Crippen LogP contribution in [0, 0.1) is 5.41 Å². The molecule has 0 aliphatic carbocycles. The van der Waals surface area contributed by atoms with Crippen molar-refractivity contribution in [3.8, 4) is 0 Å². The van der Waals surface area contributed by atoms with E-state index in [1.54, 1.807) is 13.8 Å². The molecule has 5 heteroatoms. The molecule has 0 bridgehead atoms. The van der Waals surface area contributed by atoms with E-state index in [2.05, 4.69) is 21.2 Å². The average molecular weight is 335 g/mol. The third-order valence-corrected chi connectivity index (χ3v) is 3.84. The third kappa shape index (κ3) is 4.59. The molecule has 1 rings (SSSR count). The predicted molar refractivity (Wildman–Crippen MR) is 76.9 cm³/mol.